The Balaban J connectivity index is 1.58. The Labute approximate surface area is 201 Å². The quantitative estimate of drug-likeness (QED) is 0.361. The number of piperidine rings is 1. The van der Waals surface area contributed by atoms with E-state index in [1.807, 2.05) is 20.8 Å². The summed E-state index contributed by atoms with van der Waals surface area (Å²) in [6.45, 7) is 7.73. The molecule has 2 aliphatic rings. The van der Waals surface area contributed by atoms with Crippen molar-refractivity contribution in [3.05, 3.63) is 29.3 Å². The van der Waals surface area contributed by atoms with E-state index in [4.69, 9.17) is 18.9 Å². The van der Waals surface area contributed by atoms with Crippen LogP contribution in [0.25, 0.3) is 0 Å². The van der Waals surface area contributed by atoms with Crippen LogP contribution in [0.3, 0.4) is 0 Å². The second-order valence-electron chi connectivity index (χ2n) is 9.93. The Morgan fingerprint density at radius 1 is 1.03 bits per heavy atom. The van der Waals surface area contributed by atoms with Gasteiger partial charge in [0.15, 0.2) is 5.72 Å². The fourth-order valence-electron chi connectivity index (χ4n) is 4.17. The van der Waals surface area contributed by atoms with Crippen LogP contribution in [-0.4, -0.2) is 68.1 Å². The molecule has 1 heterocycles. The number of carbonyl (C=O) groups excluding carboxylic acids is 3. The van der Waals surface area contributed by atoms with E-state index in [1.165, 1.54) is 26.4 Å². The highest BCUT2D eigenvalue weighted by Crippen LogP contribution is 2.36. The van der Waals surface area contributed by atoms with Crippen molar-refractivity contribution >= 4 is 18.0 Å². The maximum absolute atomic E-state index is 12.3. The number of esters is 2. The molecule has 188 valence electrons. The number of ether oxygens (including phenoxy) is 4. The van der Waals surface area contributed by atoms with Gasteiger partial charge in [-0.15, -0.1) is 0 Å². The summed E-state index contributed by atoms with van der Waals surface area (Å²) in [7, 11) is 2.53. The maximum atomic E-state index is 12.3. The van der Waals surface area contributed by atoms with Crippen LogP contribution in [0, 0.1) is 5.92 Å². The molecule has 3 rings (SSSR count). The van der Waals surface area contributed by atoms with Crippen LogP contribution in [-0.2, 0) is 14.2 Å². The van der Waals surface area contributed by atoms with Gasteiger partial charge in [0, 0.05) is 32.5 Å². The smallest absolute Gasteiger partial charge is 0.410 e. The van der Waals surface area contributed by atoms with E-state index in [9.17, 15) is 14.4 Å². The number of nitrogens with zero attached hydrogens (tertiary/aromatic N) is 1. The van der Waals surface area contributed by atoms with Crippen LogP contribution in [0.4, 0.5) is 4.79 Å². The zero-order chi connectivity index (χ0) is 24.9. The van der Waals surface area contributed by atoms with Crippen molar-refractivity contribution in [3.8, 4) is 5.75 Å². The Hall–Kier alpha value is -2.81. The first-order valence-corrected chi connectivity index (χ1v) is 11.8. The molecule has 1 aliphatic carbocycles. The van der Waals surface area contributed by atoms with Crippen LogP contribution in [0.2, 0.25) is 0 Å². The predicted molar refractivity (Wildman–Crippen MR) is 125 cm³/mol. The van der Waals surface area contributed by atoms with Gasteiger partial charge >= 0.3 is 18.0 Å². The van der Waals surface area contributed by atoms with Gasteiger partial charge in [0.1, 0.15) is 11.4 Å². The summed E-state index contributed by atoms with van der Waals surface area (Å²) in [5, 5.41) is 3.58. The molecule has 0 bridgehead atoms. The highest BCUT2D eigenvalue weighted by molar-refractivity contribution is 6.03. The molecule has 1 N–H and O–H groups in total. The van der Waals surface area contributed by atoms with E-state index in [-0.39, 0.29) is 17.2 Å². The minimum atomic E-state index is -0.627. The van der Waals surface area contributed by atoms with Gasteiger partial charge in [-0.3, -0.25) is 5.32 Å². The van der Waals surface area contributed by atoms with Crippen molar-refractivity contribution in [2.45, 2.75) is 64.2 Å². The van der Waals surface area contributed by atoms with Crippen molar-refractivity contribution in [2.24, 2.45) is 5.92 Å². The average Bonchev–Trinajstić information content (AvgIpc) is 2.78. The number of likely N-dealkylation sites (tertiary alicyclic amines) is 1. The van der Waals surface area contributed by atoms with Crippen LogP contribution < -0.4 is 10.1 Å². The minimum Gasteiger partial charge on any atom is -0.473 e. The largest absolute Gasteiger partial charge is 0.473 e. The van der Waals surface area contributed by atoms with E-state index in [1.54, 1.807) is 11.0 Å². The van der Waals surface area contributed by atoms with Gasteiger partial charge in [0.05, 0.1) is 25.3 Å². The number of amides is 1. The third-order valence-corrected chi connectivity index (χ3v) is 6.26. The van der Waals surface area contributed by atoms with Gasteiger partial charge in [-0.1, -0.05) is 0 Å². The number of hydrogen-bond donors (Lipinski definition) is 1. The van der Waals surface area contributed by atoms with E-state index in [0.717, 1.165) is 38.6 Å². The average molecular weight is 477 g/mol. The van der Waals surface area contributed by atoms with E-state index < -0.39 is 23.3 Å². The Morgan fingerprint density at radius 2 is 1.65 bits per heavy atom. The number of rotatable bonds is 7. The summed E-state index contributed by atoms with van der Waals surface area (Å²) in [6.07, 6.45) is 4.25. The summed E-state index contributed by atoms with van der Waals surface area (Å²) in [6, 6.07) is 4.71. The van der Waals surface area contributed by atoms with Crippen LogP contribution in [0.5, 0.6) is 5.75 Å². The molecule has 9 heteroatoms. The van der Waals surface area contributed by atoms with Crippen molar-refractivity contribution < 1.29 is 33.3 Å². The monoisotopic (exact) mass is 476 g/mol. The first-order chi connectivity index (χ1) is 16.1. The zero-order valence-corrected chi connectivity index (χ0v) is 20.8. The van der Waals surface area contributed by atoms with E-state index in [2.05, 4.69) is 5.32 Å². The van der Waals surface area contributed by atoms with Gasteiger partial charge in [-0.2, -0.15) is 0 Å². The summed E-state index contributed by atoms with van der Waals surface area (Å²) in [5.41, 5.74) is -0.765. The van der Waals surface area contributed by atoms with Crippen molar-refractivity contribution in [1.82, 2.24) is 10.2 Å². The molecule has 0 radical (unpaired) electrons. The molecule has 1 saturated carbocycles. The Morgan fingerprint density at radius 3 is 2.18 bits per heavy atom. The lowest BCUT2D eigenvalue weighted by molar-refractivity contribution is -0.0436. The number of carbonyl (C=O) groups is 3. The molecule has 9 nitrogen and oxygen atoms in total. The SMILES string of the molecule is COC(=O)c1ccc(OC2(NCC3CCN(C(=O)OC(C)(C)C)CC3)CCC2)cc1C(=O)OC. The molecule has 0 aromatic heterocycles. The van der Waals surface area contributed by atoms with Gasteiger partial charge in [-0.25, -0.2) is 14.4 Å². The molecule has 0 unspecified atom stereocenters. The normalized spacial score (nSPS) is 18.0. The lowest BCUT2D eigenvalue weighted by Crippen LogP contribution is -2.57. The molecule has 1 saturated heterocycles. The second kappa shape index (κ2) is 10.6. The third kappa shape index (κ3) is 6.40. The minimum absolute atomic E-state index is 0.107. The maximum Gasteiger partial charge on any atom is 0.410 e. The molecule has 0 spiro atoms. The van der Waals surface area contributed by atoms with Gasteiger partial charge in [0.25, 0.3) is 0 Å². The number of nitrogens with one attached hydrogen (secondary N) is 1. The van der Waals surface area contributed by atoms with Crippen LogP contribution in [0.15, 0.2) is 18.2 Å². The molecule has 1 aromatic carbocycles. The summed E-state index contributed by atoms with van der Waals surface area (Å²) >= 11 is 0. The predicted octanol–water partition coefficient (Wildman–Crippen LogP) is 3.76. The number of hydrogen-bond acceptors (Lipinski definition) is 8. The van der Waals surface area contributed by atoms with Crippen molar-refractivity contribution in [2.75, 3.05) is 33.9 Å². The summed E-state index contributed by atoms with van der Waals surface area (Å²) in [5.74, 6) is -0.327. The molecule has 1 aromatic rings. The highest BCUT2D eigenvalue weighted by Gasteiger charge is 2.40. The molecular formula is C25H36N2O7. The molecular weight excluding hydrogens is 440 g/mol. The summed E-state index contributed by atoms with van der Waals surface area (Å²) in [4.78, 5) is 38.3. The lowest BCUT2D eigenvalue weighted by atomic mass is 9.86. The highest BCUT2D eigenvalue weighted by atomic mass is 16.6. The third-order valence-electron chi connectivity index (χ3n) is 6.26. The van der Waals surface area contributed by atoms with Gasteiger partial charge < -0.3 is 23.8 Å². The van der Waals surface area contributed by atoms with Gasteiger partial charge in [0.2, 0.25) is 0 Å². The lowest BCUT2D eigenvalue weighted by Gasteiger charge is -2.44. The van der Waals surface area contributed by atoms with Crippen LogP contribution in [0.1, 0.15) is 73.6 Å². The van der Waals surface area contributed by atoms with Crippen molar-refractivity contribution in [3.63, 3.8) is 0 Å². The molecule has 1 amide bonds. The topological polar surface area (TPSA) is 103 Å². The summed E-state index contributed by atoms with van der Waals surface area (Å²) < 4.78 is 21.4. The first kappa shape index (κ1) is 25.8. The fraction of sp³-hybridized carbons (Fsp3) is 0.640. The Kier molecular flexibility index (Phi) is 8.07. The van der Waals surface area contributed by atoms with Crippen LogP contribution >= 0.6 is 0 Å². The number of benzene rings is 1. The zero-order valence-electron chi connectivity index (χ0n) is 20.8. The molecule has 0 atom stereocenters. The molecule has 34 heavy (non-hydrogen) atoms. The van der Waals surface area contributed by atoms with Gasteiger partial charge in [-0.05, 0) is 64.2 Å². The fourth-order valence-corrected chi connectivity index (χ4v) is 4.17. The standard InChI is InChI=1S/C25H36N2O7/c1-24(2,3)34-23(30)27-13-9-17(10-14-27)16-26-25(11-6-12-25)33-18-7-8-19(21(28)31-4)20(15-18)22(29)32-5/h7-8,15,17,26H,6,9-14,16H2,1-5H3. The second-order valence-corrected chi connectivity index (χ2v) is 9.93. The van der Waals surface area contributed by atoms with Crippen molar-refractivity contribution in [1.29, 1.82) is 0 Å². The molecule has 1 aliphatic heterocycles. The first-order valence-electron chi connectivity index (χ1n) is 11.8. The molecule has 2 fully saturated rings. The Bertz CT molecular complexity index is 897. The number of methoxy groups -OCH3 is 2. The van der Waals surface area contributed by atoms with E-state index in [0.29, 0.717) is 24.8 Å². The van der Waals surface area contributed by atoms with E-state index >= 15 is 0 Å².